The highest BCUT2D eigenvalue weighted by molar-refractivity contribution is 7.91. The van der Waals surface area contributed by atoms with Crippen LogP contribution in [0.5, 0.6) is 0 Å². The smallest absolute Gasteiger partial charge is 0.252 e. The maximum Gasteiger partial charge on any atom is 0.252 e. The Bertz CT molecular complexity index is 979. The number of sulfonamides is 1. The molecule has 1 atom stereocenters. The van der Waals surface area contributed by atoms with E-state index in [0.29, 0.717) is 36.7 Å². The molecule has 1 aliphatic heterocycles. The average molecular weight is 453 g/mol. The second kappa shape index (κ2) is 9.15. The molecule has 1 saturated carbocycles. The van der Waals surface area contributed by atoms with Crippen LogP contribution in [0.4, 0.5) is 0 Å². The van der Waals surface area contributed by atoms with E-state index in [2.05, 4.69) is 15.5 Å². The zero-order valence-corrected chi connectivity index (χ0v) is 18.8. The van der Waals surface area contributed by atoms with Gasteiger partial charge >= 0.3 is 0 Å². The van der Waals surface area contributed by atoms with Gasteiger partial charge in [-0.05, 0) is 31.7 Å². The molecule has 2 aromatic heterocycles. The van der Waals surface area contributed by atoms with Crippen LogP contribution in [-0.4, -0.2) is 47.9 Å². The topological polar surface area (TPSA) is 105 Å². The summed E-state index contributed by atoms with van der Waals surface area (Å²) >= 11 is 1.15. The lowest BCUT2D eigenvalue weighted by Gasteiger charge is -2.32. The number of thiophene rings is 1. The fourth-order valence-corrected chi connectivity index (χ4v) is 6.99. The third-order valence-electron chi connectivity index (χ3n) is 5.90. The molecule has 2 aromatic rings. The molecule has 4 rings (SSSR count). The number of piperidine rings is 1. The van der Waals surface area contributed by atoms with E-state index in [4.69, 9.17) is 4.52 Å². The van der Waals surface area contributed by atoms with Crippen LogP contribution >= 0.6 is 11.3 Å². The molecular formula is C20H28N4O4S2. The third-order valence-corrected chi connectivity index (χ3v) is 9.19. The summed E-state index contributed by atoms with van der Waals surface area (Å²) in [5.41, 5.74) is 0.630. The summed E-state index contributed by atoms with van der Waals surface area (Å²) in [5.74, 6) is 0.614. The minimum atomic E-state index is -3.66. The highest BCUT2D eigenvalue weighted by atomic mass is 32.2. The van der Waals surface area contributed by atoms with Crippen molar-refractivity contribution in [1.29, 1.82) is 0 Å². The van der Waals surface area contributed by atoms with Crippen molar-refractivity contribution in [2.45, 2.75) is 68.5 Å². The van der Waals surface area contributed by atoms with Crippen LogP contribution < -0.4 is 5.32 Å². The van der Waals surface area contributed by atoms with Crippen molar-refractivity contribution in [2.24, 2.45) is 5.92 Å². The minimum Gasteiger partial charge on any atom is -0.353 e. The quantitative estimate of drug-likeness (QED) is 0.721. The molecule has 0 bridgehead atoms. The van der Waals surface area contributed by atoms with Crippen LogP contribution in [0.3, 0.4) is 0 Å². The lowest BCUT2D eigenvalue weighted by atomic mass is 9.93. The van der Waals surface area contributed by atoms with Gasteiger partial charge in [-0.25, -0.2) is 8.42 Å². The molecule has 0 aromatic carbocycles. The van der Waals surface area contributed by atoms with Crippen molar-refractivity contribution < 1.29 is 17.7 Å². The summed E-state index contributed by atoms with van der Waals surface area (Å²) in [7, 11) is -3.66. The first-order valence-electron chi connectivity index (χ1n) is 10.7. The first-order chi connectivity index (χ1) is 14.5. The molecule has 10 heteroatoms. The summed E-state index contributed by atoms with van der Waals surface area (Å²) in [6.07, 6.45) is 7.61. The van der Waals surface area contributed by atoms with Gasteiger partial charge in [0, 0.05) is 36.5 Å². The number of rotatable bonds is 6. The summed E-state index contributed by atoms with van der Waals surface area (Å²) in [5, 5.41) is 8.79. The fourth-order valence-electron chi connectivity index (χ4n) is 4.15. The van der Waals surface area contributed by atoms with Crippen molar-refractivity contribution in [3.8, 4) is 11.4 Å². The number of nitrogens with zero attached hydrogens (tertiary/aromatic N) is 3. The first kappa shape index (κ1) is 21.5. The lowest BCUT2D eigenvalue weighted by Crippen LogP contribution is -2.47. The highest BCUT2D eigenvalue weighted by Crippen LogP contribution is 2.31. The summed E-state index contributed by atoms with van der Waals surface area (Å²) in [6, 6.07) is 1.83. The summed E-state index contributed by atoms with van der Waals surface area (Å²) in [6.45, 7) is 2.58. The molecule has 164 valence electrons. The molecule has 2 aliphatic rings. The maximum absolute atomic E-state index is 13.2. The standard InChI is InChI=1S/C20H28N4O4S2/c1-2-17-22-19(23-28-17)15-11-18(29-13-15)30(26,27)24-10-6-7-14(12-24)20(25)21-16-8-4-3-5-9-16/h11,13-14,16H,2-10,12H2,1H3,(H,21,25)/t14-/m0/s1. The van der Waals surface area contributed by atoms with Gasteiger partial charge in [-0.15, -0.1) is 11.3 Å². The van der Waals surface area contributed by atoms with E-state index in [1.165, 1.54) is 10.7 Å². The van der Waals surface area contributed by atoms with Crippen LogP contribution in [0.2, 0.25) is 0 Å². The van der Waals surface area contributed by atoms with Crippen LogP contribution in [0.15, 0.2) is 20.2 Å². The van der Waals surface area contributed by atoms with E-state index in [1.807, 2.05) is 6.92 Å². The molecule has 1 saturated heterocycles. The van der Waals surface area contributed by atoms with Crippen molar-refractivity contribution in [2.75, 3.05) is 13.1 Å². The van der Waals surface area contributed by atoms with Gasteiger partial charge in [-0.1, -0.05) is 31.3 Å². The number of hydrogen-bond donors (Lipinski definition) is 1. The monoisotopic (exact) mass is 452 g/mol. The van der Waals surface area contributed by atoms with Gasteiger partial charge in [0.2, 0.25) is 17.6 Å². The molecule has 0 radical (unpaired) electrons. The molecule has 8 nitrogen and oxygen atoms in total. The second-order valence-corrected chi connectivity index (χ2v) is 11.1. The number of hydrogen-bond acceptors (Lipinski definition) is 7. The summed E-state index contributed by atoms with van der Waals surface area (Å²) < 4.78 is 33.2. The van der Waals surface area contributed by atoms with Gasteiger partial charge in [0.05, 0.1) is 5.92 Å². The maximum atomic E-state index is 13.2. The van der Waals surface area contributed by atoms with E-state index in [9.17, 15) is 13.2 Å². The highest BCUT2D eigenvalue weighted by Gasteiger charge is 2.35. The number of amides is 1. The predicted octanol–water partition coefficient (Wildman–Crippen LogP) is 3.21. The molecule has 1 aliphatic carbocycles. The van der Waals surface area contributed by atoms with Crippen LogP contribution in [0.25, 0.3) is 11.4 Å². The Labute approximate surface area is 181 Å². The first-order valence-corrected chi connectivity index (χ1v) is 13.0. The Morgan fingerprint density at radius 1 is 1.27 bits per heavy atom. The normalized spacial score (nSPS) is 21.6. The van der Waals surface area contributed by atoms with E-state index < -0.39 is 10.0 Å². The predicted molar refractivity (Wildman–Crippen MR) is 113 cm³/mol. The van der Waals surface area contributed by atoms with Crippen molar-refractivity contribution in [3.05, 3.63) is 17.3 Å². The van der Waals surface area contributed by atoms with E-state index in [-0.39, 0.29) is 28.6 Å². The minimum absolute atomic E-state index is 0.00689. The molecule has 3 heterocycles. The zero-order valence-electron chi connectivity index (χ0n) is 17.2. The molecule has 0 unspecified atom stereocenters. The fraction of sp³-hybridized carbons (Fsp3) is 0.650. The van der Waals surface area contributed by atoms with Crippen LogP contribution in [0.1, 0.15) is 57.8 Å². The van der Waals surface area contributed by atoms with Gasteiger partial charge in [-0.3, -0.25) is 4.79 Å². The summed E-state index contributed by atoms with van der Waals surface area (Å²) in [4.78, 5) is 17.0. The van der Waals surface area contributed by atoms with Crippen molar-refractivity contribution in [1.82, 2.24) is 19.8 Å². The van der Waals surface area contributed by atoms with Gasteiger partial charge in [0.25, 0.3) is 10.0 Å². The third kappa shape index (κ3) is 4.60. The molecule has 30 heavy (non-hydrogen) atoms. The number of carbonyl (C=O) groups is 1. The van der Waals surface area contributed by atoms with Crippen LogP contribution in [0, 0.1) is 5.92 Å². The number of aryl methyl sites for hydroxylation is 1. The molecule has 2 fully saturated rings. The Hall–Kier alpha value is -1.78. The zero-order chi connectivity index (χ0) is 21.1. The van der Waals surface area contributed by atoms with Gasteiger partial charge < -0.3 is 9.84 Å². The molecule has 0 spiro atoms. The van der Waals surface area contributed by atoms with Crippen molar-refractivity contribution in [3.63, 3.8) is 0 Å². The largest absolute Gasteiger partial charge is 0.353 e. The number of nitrogens with one attached hydrogen (secondary N) is 1. The Morgan fingerprint density at radius 2 is 2.07 bits per heavy atom. The second-order valence-electron chi connectivity index (χ2n) is 8.07. The van der Waals surface area contributed by atoms with Crippen molar-refractivity contribution >= 4 is 27.3 Å². The average Bonchev–Trinajstić information content (AvgIpc) is 3.44. The number of aromatic nitrogens is 2. The molecular weight excluding hydrogens is 424 g/mol. The van der Waals surface area contributed by atoms with Gasteiger partial charge in [0.1, 0.15) is 4.21 Å². The Morgan fingerprint density at radius 3 is 2.80 bits per heavy atom. The van der Waals surface area contributed by atoms with E-state index >= 15 is 0 Å². The van der Waals surface area contributed by atoms with Gasteiger partial charge in [0.15, 0.2) is 0 Å². The van der Waals surface area contributed by atoms with Gasteiger partial charge in [-0.2, -0.15) is 9.29 Å². The molecule has 1 N–H and O–H groups in total. The Balaban J connectivity index is 1.44. The SMILES string of the molecule is CCc1nc(-c2csc(S(=O)(=O)N3CCC[C@H](C(=O)NC4CCCCC4)C3)c2)no1. The van der Waals surface area contributed by atoms with Crippen LogP contribution in [-0.2, 0) is 21.2 Å². The lowest BCUT2D eigenvalue weighted by molar-refractivity contribution is -0.127. The molecule has 1 amide bonds. The van der Waals surface area contributed by atoms with E-state index in [0.717, 1.165) is 43.4 Å². The van der Waals surface area contributed by atoms with E-state index in [1.54, 1.807) is 11.4 Å². The number of carbonyl (C=O) groups excluding carboxylic acids is 1. The Kier molecular flexibility index (Phi) is 6.54.